The number of ether oxygens (including phenoxy) is 1. The average molecular weight is 229 g/mol. The first-order valence-corrected chi connectivity index (χ1v) is 3.42. The van der Waals surface area contributed by atoms with Crippen molar-refractivity contribution in [1.29, 1.82) is 0 Å². The zero-order valence-electron chi connectivity index (χ0n) is 4.61. The zero-order chi connectivity index (χ0) is 6.41. The fraction of sp³-hybridized carbons (Fsp3) is 0.750. The summed E-state index contributed by atoms with van der Waals surface area (Å²) in [6, 6.07) is 0. The normalized spacial score (nSPS) is 8.25. The highest BCUT2D eigenvalue weighted by molar-refractivity contribution is 14.1. The molecule has 0 rings (SSSR count). The molecule has 0 aliphatic carbocycles. The van der Waals surface area contributed by atoms with Crippen LogP contribution in [0, 0.1) is 0 Å². The minimum absolute atomic E-state index is 0.368. The quantitative estimate of drug-likeness (QED) is 0.575. The molecule has 0 saturated heterocycles. The Kier molecular flexibility index (Phi) is 5.14. The molecule has 0 heterocycles. The summed E-state index contributed by atoms with van der Waals surface area (Å²) in [5.74, 6) is 0. The van der Waals surface area contributed by atoms with Gasteiger partial charge in [-0.25, -0.2) is 4.79 Å². The van der Waals surface area contributed by atoms with Crippen molar-refractivity contribution in [1.82, 2.24) is 3.53 Å². The van der Waals surface area contributed by atoms with Crippen LogP contribution in [0.15, 0.2) is 0 Å². The van der Waals surface area contributed by atoms with Gasteiger partial charge in [-0.2, -0.15) is 0 Å². The van der Waals surface area contributed by atoms with Crippen LogP contribution in [0.1, 0.15) is 13.3 Å². The van der Waals surface area contributed by atoms with Crippen LogP contribution in [-0.2, 0) is 4.74 Å². The van der Waals surface area contributed by atoms with Crippen LogP contribution in [-0.4, -0.2) is 12.7 Å². The van der Waals surface area contributed by atoms with E-state index in [1.165, 1.54) is 0 Å². The SMILES string of the molecule is CCCOC(=O)NI. The molecule has 0 aromatic carbocycles. The van der Waals surface area contributed by atoms with Crippen LogP contribution in [0.2, 0.25) is 0 Å². The van der Waals surface area contributed by atoms with E-state index in [0.29, 0.717) is 6.61 Å². The monoisotopic (exact) mass is 229 g/mol. The molecule has 0 bridgehead atoms. The highest BCUT2D eigenvalue weighted by atomic mass is 127. The third-order valence-electron chi connectivity index (χ3n) is 0.514. The second kappa shape index (κ2) is 5.14. The molecule has 0 aliphatic rings. The Morgan fingerprint density at radius 2 is 2.50 bits per heavy atom. The predicted molar refractivity (Wildman–Crippen MR) is 38.8 cm³/mol. The molecule has 1 N–H and O–H groups in total. The van der Waals surface area contributed by atoms with Crippen LogP contribution >= 0.6 is 22.9 Å². The van der Waals surface area contributed by atoms with E-state index in [9.17, 15) is 4.79 Å². The summed E-state index contributed by atoms with van der Waals surface area (Å²) in [6.07, 6.45) is 0.497. The lowest BCUT2D eigenvalue weighted by molar-refractivity contribution is 0.154. The van der Waals surface area contributed by atoms with Crippen molar-refractivity contribution in [3.63, 3.8) is 0 Å². The Labute approximate surface area is 62.3 Å². The Bertz CT molecular complexity index is 76.4. The third-order valence-corrected chi connectivity index (χ3v) is 0.955. The number of amides is 1. The lowest BCUT2D eigenvalue weighted by Crippen LogP contribution is -2.13. The van der Waals surface area contributed by atoms with Gasteiger partial charge in [0.25, 0.3) is 0 Å². The number of hydrogen-bond acceptors (Lipinski definition) is 2. The first kappa shape index (κ1) is 8.00. The van der Waals surface area contributed by atoms with Gasteiger partial charge in [-0.3, -0.25) is 3.53 Å². The number of carbonyl (C=O) groups excluding carboxylic acids is 1. The van der Waals surface area contributed by atoms with Crippen molar-refractivity contribution in [3.8, 4) is 0 Å². The van der Waals surface area contributed by atoms with E-state index in [2.05, 4.69) is 8.27 Å². The van der Waals surface area contributed by atoms with E-state index in [4.69, 9.17) is 0 Å². The topological polar surface area (TPSA) is 38.3 Å². The lowest BCUT2D eigenvalue weighted by Gasteiger charge is -1.97. The fourth-order valence-electron chi connectivity index (χ4n) is 0.222. The molecule has 0 unspecified atom stereocenters. The van der Waals surface area contributed by atoms with Crippen molar-refractivity contribution < 1.29 is 9.53 Å². The van der Waals surface area contributed by atoms with Crippen molar-refractivity contribution in [2.45, 2.75) is 13.3 Å². The summed E-state index contributed by atoms with van der Waals surface area (Å²) in [7, 11) is 0. The molecule has 8 heavy (non-hydrogen) atoms. The average Bonchev–Trinajstić information content (AvgIpc) is 1.83. The fourth-order valence-corrected chi connectivity index (χ4v) is 0.378. The van der Waals surface area contributed by atoms with Gasteiger partial charge in [0.2, 0.25) is 0 Å². The van der Waals surface area contributed by atoms with Crippen molar-refractivity contribution in [3.05, 3.63) is 0 Å². The molecule has 0 atom stereocenters. The first-order valence-electron chi connectivity index (χ1n) is 2.34. The number of rotatable bonds is 2. The maximum absolute atomic E-state index is 10.2. The first-order chi connectivity index (χ1) is 3.81. The molecule has 0 aliphatic heterocycles. The number of hydrogen-bond donors (Lipinski definition) is 1. The number of nitrogens with one attached hydrogen (secondary N) is 1. The molecule has 0 aromatic heterocycles. The van der Waals surface area contributed by atoms with E-state index in [-0.39, 0.29) is 6.09 Å². The van der Waals surface area contributed by atoms with E-state index in [1.54, 1.807) is 22.9 Å². The van der Waals surface area contributed by atoms with Gasteiger partial charge in [0.05, 0.1) is 29.5 Å². The lowest BCUT2D eigenvalue weighted by atomic mass is 10.5. The summed E-state index contributed by atoms with van der Waals surface area (Å²) in [5.41, 5.74) is 0. The molecule has 3 nitrogen and oxygen atoms in total. The molecular formula is C4H8INO2. The molecule has 0 fully saturated rings. The standard InChI is InChI=1S/C4H8INO2/c1-2-3-8-4(7)6-5/h2-3H2,1H3,(H,6,7). The maximum atomic E-state index is 10.2. The minimum atomic E-state index is -0.368. The minimum Gasteiger partial charge on any atom is -0.449 e. The van der Waals surface area contributed by atoms with Gasteiger partial charge in [-0.1, -0.05) is 6.92 Å². The van der Waals surface area contributed by atoms with Crippen LogP contribution in [0.25, 0.3) is 0 Å². The Balaban J connectivity index is 2.99. The van der Waals surface area contributed by atoms with Gasteiger partial charge in [-0.15, -0.1) is 0 Å². The largest absolute Gasteiger partial charge is 0.449 e. The highest BCUT2D eigenvalue weighted by Crippen LogP contribution is 1.82. The van der Waals surface area contributed by atoms with Gasteiger partial charge in [0.15, 0.2) is 0 Å². The molecule has 0 spiro atoms. The Hall–Kier alpha value is 0. The van der Waals surface area contributed by atoms with E-state index >= 15 is 0 Å². The van der Waals surface area contributed by atoms with Gasteiger partial charge < -0.3 is 4.74 Å². The summed E-state index contributed by atoms with van der Waals surface area (Å²) in [6.45, 7) is 2.44. The van der Waals surface area contributed by atoms with Crippen LogP contribution in [0.3, 0.4) is 0 Å². The Morgan fingerprint density at radius 1 is 1.88 bits per heavy atom. The highest BCUT2D eigenvalue weighted by Gasteiger charge is 1.93. The van der Waals surface area contributed by atoms with Crippen molar-refractivity contribution in [2.75, 3.05) is 6.61 Å². The van der Waals surface area contributed by atoms with Gasteiger partial charge >= 0.3 is 6.09 Å². The molecule has 0 saturated carbocycles. The third kappa shape index (κ3) is 4.17. The van der Waals surface area contributed by atoms with E-state index < -0.39 is 0 Å². The molecule has 4 heteroatoms. The number of carbonyl (C=O) groups is 1. The second-order valence-electron chi connectivity index (χ2n) is 1.23. The molecule has 48 valence electrons. The summed E-state index contributed by atoms with van der Waals surface area (Å²) < 4.78 is 6.89. The van der Waals surface area contributed by atoms with Crippen molar-refractivity contribution in [2.24, 2.45) is 0 Å². The Morgan fingerprint density at radius 3 is 2.88 bits per heavy atom. The number of halogens is 1. The van der Waals surface area contributed by atoms with Crippen LogP contribution < -0.4 is 3.53 Å². The van der Waals surface area contributed by atoms with E-state index in [0.717, 1.165) is 6.42 Å². The van der Waals surface area contributed by atoms with Gasteiger partial charge in [0, 0.05) is 0 Å². The molecule has 1 amide bonds. The second-order valence-corrected chi connectivity index (χ2v) is 1.77. The zero-order valence-corrected chi connectivity index (χ0v) is 6.77. The summed E-state index contributed by atoms with van der Waals surface area (Å²) in [4.78, 5) is 10.2. The van der Waals surface area contributed by atoms with Crippen LogP contribution in [0.5, 0.6) is 0 Å². The van der Waals surface area contributed by atoms with Gasteiger partial charge in [-0.05, 0) is 6.42 Å². The molecular weight excluding hydrogens is 221 g/mol. The molecule has 0 aromatic rings. The smallest absolute Gasteiger partial charge is 0.415 e. The summed E-state index contributed by atoms with van der Waals surface area (Å²) >= 11 is 1.73. The predicted octanol–water partition coefficient (Wildman–Crippen LogP) is 1.47. The van der Waals surface area contributed by atoms with E-state index in [1.807, 2.05) is 6.92 Å². The summed E-state index contributed by atoms with van der Waals surface area (Å²) in [5, 5.41) is 0. The van der Waals surface area contributed by atoms with Crippen molar-refractivity contribution >= 4 is 29.0 Å². The molecule has 0 radical (unpaired) electrons. The van der Waals surface area contributed by atoms with Gasteiger partial charge in [0.1, 0.15) is 0 Å². The van der Waals surface area contributed by atoms with Crippen LogP contribution in [0.4, 0.5) is 4.79 Å². The maximum Gasteiger partial charge on any atom is 0.415 e.